The van der Waals surface area contributed by atoms with E-state index in [4.69, 9.17) is 4.74 Å². The number of rotatable bonds is 7. The zero-order chi connectivity index (χ0) is 16.6. The second-order valence-electron chi connectivity index (χ2n) is 5.94. The summed E-state index contributed by atoms with van der Waals surface area (Å²) in [6.07, 6.45) is 4.94. The fourth-order valence-corrected chi connectivity index (χ4v) is 2.76. The third-order valence-electron chi connectivity index (χ3n) is 4.09. The van der Waals surface area contributed by atoms with Gasteiger partial charge in [-0.3, -0.25) is 9.78 Å². The normalized spacial score (nSPS) is 16.8. The van der Waals surface area contributed by atoms with Gasteiger partial charge < -0.3 is 15.4 Å². The van der Waals surface area contributed by atoms with Crippen molar-refractivity contribution in [3.8, 4) is 0 Å². The fourth-order valence-electron chi connectivity index (χ4n) is 2.76. The number of carbonyl (C=O) groups excluding carboxylic acids is 1. The highest BCUT2D eigenvalue weighted by Gasteiger charge is 2.15. The number of amides is 1. The summed E-state index contributed by atoms with van der Waals surface area (Å²) in [5, 5.41) is 6.24. The predicted octanol–water partition coefficient (Wildman–Crippen LogP) is 2.65. The first kappa shape index (κ1) is 16.5. The fraction of sp³-hybridized carbons (Fsp3) is 0.368. The van der Waals surface area contributed by atoms with Crippen molar-refractivity contribution in [2.24, 2.45) is 0 Å². The quantitative estimate of drug-likeness (QED) is 0.821. The molecule has 1 aromatic carbocycles. The molecule has 1 aromatic heterocycles. The Morgan fingerprint density at radius 2 is 2.12 bits per heavy atom. The lowest BCUT2D eigenvalue weighted by atomic mass is 10.1. The van der Waals surface area contributed by atoms with Gasteiger partial charge in [-0.1, -0.05) is 30.3 Å². The van der Waals surface area contributed by atoms with Gasteiger partial charge in [0.1, 0.15) is 5.69 Å². The number of benzene rings is 1. The minimum atomic E-state index is -0.147. The van der Waals surface area contributed by atoms with E-state index in [1.807, 2.05) is 24.3 Å². The third-order valence-corrected chi connectivity index (χ3v) is 4.09. The van der Waals surface area contributed by atoms with E-state index in [9.17, 15) is 4.79 Å². The lowest BCUT2D eigenvalue weighted by Gasteiger charge is -2.12. The molecule has 24 heavy (non-hydrogen) atoms. The summed E-state index contributed by atoms with van der Waals surface area (Å²) in [6.45, 7) is 2.20. The molecular weight excluding hydrogens is 302 g/mol. The first-order valence-electron chi connectivity index (χ1n) is 8.45. The zero-order valence-electron chi connectivity index (χ0n) is 13.7. The Kier molecular flexibility index (Phi) is 5.80. The third kappa shape index (κ3) is 4.80. The SMILES string of the molecule is O=C(NCCc1ccccc1)c1cc(NCC2CCCO2)ccn1. The van der Waals surface area contributed by atoms with Gasteiger partial charge in [-0.25, -0.2) is 0 Å². The van der Waals surface area contributed by atoms with Crippen LogP contribution in [0.2, 0.25) is 0 Å². The van der Waals surface area contributed by atoms with Crippen LogP contribution in [0.15, 0.2) is 48.7 Å². The Bertz CT molecular complexity index is 655. The summed E-state index contributed by atoms with van der Waals surface area (Å²) in [5.41, 5.74) is 2.53. The second-order valence-corrected chi connectivity index (χ2v) is 5.94. The van der Waals surface area contributed by atoms with E-state index in [1.165, 1.54) is 5.56 Å². The Hall–Kier alpha value is -2.40. The first-order valence-corrected chi connectivity index (χ1v) is 8.45. The van der Waals surface area contributed by atoms with Gasteiger partial charge in [0.2, 0.25) is 0 Å². The number of carbonyl (C=O) groups is 1. The highest BCUT2D eigenvalue weighted by molar-refractivity contribution is 5.93. The number of hydrogen-bond donors (Lipinski definition) is 2. The van der Waals surface area contributed by atoms with Gasteiger partial charge >= 0.3 is 0 Å². The lowest BCUT2D eigenvalue weighted by Crippen LogP contribution is -2.26. The molecule has 3 rings (SSSR count). The molecule has 1 unspecified atom stereocenters. The number of ether oxygens (including phenoxy) is 1. The van der Waals surface area contributed by atoms with Crippen LogP contribution in [0.1, 0.15) is 28.9 Å². The maximum absolute atomic E-state index is 12.2. The van der Waals surface area contributed by atoms with Crippen LogP contribution in [0.5, 0.6) is 0 Å². The molecule has 0 radical (unpaired) electrons. The number of aromatic nitrogens is 1. The zero-order valence-corrected chi connectivity index (χ0v) is 13.7. The Balaban J connectivity index is 1.48. The van der Waals surface area contributed by atoms with Crippen LogP contribution >= 0.6 is 0 Å². The van der Waals surface area contributed by atoms with E-state index in [2.05, 4.69) is 27.8 Å². The summed E-state index contributed by atoms with van der Waals surface area (Å²) in [5.74, 6) is -0.147. The molecule has 1 atom stereocenters. The minimum absolute atomic E-state index is 0.147. The number of pyridine rings is 1. The molecule has 1 saturated heterocycles. The average Bonchev–Trinajstić information content (AvgIpc) is 3.15. The van der Waals surface area contributed by atoms with Crippen molar-refractivity contribution in [1.29, 1.82) is 0 Å². The summed E-state index contributed by atoms with van der Waals surface area (Å²) >= 11 is 0. The van der Waals surface area contributed by atoms with Crippen molar-refractivity contribution in [2.75, 3.05) is 25.0 Å². The molecule has 0 bridgehead atoms. The van der Waals surface area contributed by atoms with Gasteiger partial charge in [0.25, 0.3) is 5.91 Å². The van der Waals surface area contributed by atoms with E-state index >= 15 is 0 Å². The molecule has 2 aromatic rings. The van der Waals surface area contributed by atoms with Crippen molar-refractivity contribution < 1.29 is 9.53 Å². The molecule has 5 nitrogen and oxygen atoms in total. The summed E-state index contributed by atoms with van der Waals surface area (Å²) in [4.78, 5) is 16.4. The maximum Gasteiger partial charge on any atom is 0.269 e. The van der Waals surface area contributed by atoms with Gasteiger partial charge in [0.05, 0.1) is 6.10 Å². The molecule has 2 N–H and O–H groups in total. The molecule has 126 valence electrons. The van der Waals surface area contributed by atoms with Crippen molar-refractivity contribution in [3.05, 3.63) is 59.9 Å². The van der Waals surface area contributed by atoms with Crippen LogP contribution in [0.4, 0.5) is 5.69 Å². The summed E-state index contributed by atoms with van der Waals surface area (Å²) in [6, 6.07) is 13.8. The van der Waals surface area contributed by atoms with Crippen molar-refractivity contribution in [1.82, 2.24) is 10.3 Å². The van der Waals surface area contributed by atoms with Gasteiger partial charge in [-0.2, -0.15) is 0 Å². The molecule has 1 aliphatic heterocycles. The van der Waals surface area contributed by atoms with Gasteiger partial charge in [0, 0.05) is 31.6 Å². The Morgan fingerprint density at radius 3 is 2.92 bits per heavy atom. The largest absolute Gasteiger partial charge is 0.382 e. The van der Waals surface area contributed by atoms with Gasteiger partial charge in [0.15, 0.2) is 0 Å². The minimum Gasteiger partial charge on any atom is -0.382 e. The number of hydrogen-bond acceptors (Lipinski definition) is 4. The van der Waals surface area contributed by atoms with E-state index in [-0.39, 0.29) is 12.0 Å². The van der Waals surface area contributed by atoms with Crippen molar-refractivity contribution in [3.63, 3.8) is 0 Å². The molecule has 1 fully saturated rings. The highest BCUT2D eigenvalue weighted by atomic mass is 16.5. The second kappa shape index (κ2) is 8.45. The van der Waals surface area contributed by atoms with Crippen LogP contribution in [0.3, 0.4) is 0 Å². The lowest BCUT2D eigenvalue weighted by molar-refractivity contribution is 0.0949. The van der Waals surface area contributed by atoms with Gasteiger partial charge in [-0.15, -0.1) is 0 Å². The molecule has 2 heterocycles. The van der Waals surface area contributed by atoms with Crippen molar-refractivity contribution in [2.45, 2.75) is 25.4 Å². The molecular formula is C19H23N3O2. The molecule has 1 amide bonds. The van der Waals surface area contributed by atoms with Crippen LogP contribution < -0.4 is 10.6 Å². The summed E-state index contributed by atoms with van der Waals surface area (Å²) < 4.78 is 5.59. The van der Waals surface area contributed by atoms with E-state index < -0.39 is 0 Å². The number of nitrogens with one attached hydrogen (secondary N) is 2. The Labute approximate surface area is 142 Å². The average molecular weight is 325 g/mol. The van der Waals surface area contributed by atoms with E-state index in [0.29, 0.717) is 12.2 Å². The highest BCUT2D eigenvalue weighted by Crippen LogP contribution is 2.14. The van der Waals surface area contributed by atoms with E-state index in [1.54, 1.807) is 12.3 Å². The molecule has 1 aliphatic rings. The predicted molar refractivity (Wildman–Crippen MR) is 94.2 cm³/mol. The van der Waals surface area contributed by atoms with Gasteiger partial charge in [-0.05, 0) is 37.0 Å². The smallest absolute Gasteiger partial charge is 0.269 e. The van der Waals surface area contributed by atoms with Crippen LogP contribution in [-0.4, -0.2) is 36.7 Å². The summed E-state index contributed by atoms with van der Waals surface area (Å²) in [7, 11) is 0. The molecule has 5 heteroatoms. The standard InChI is InChI=1S/C19H23N3O2/c23-19(21-10-8-15-5-2-1-3-6-15)18-13-16(9-11-20-18)22-14-17-7-4-12-24-17/h1-3,5-6,9,11,13,17H,4,7-8,10,12,14H2,(H,20,22)(H,21,23). The topological polar surface area (TPSA) is 63.2 Å². The van der Waals surface area contributed by atoms with Crippen molar-refractivity contribution >= 4 is 11.6 Å². The number of anilines is 1. The number of nitrogens with zero attached hydrogens (tertiary/aromatic N) is 1. The first-order chi connectivity index (χ1) is 11.8. The molecule has 0 spiro atoms. The molecule has 0 saturated carbocycles. The van der Waals surface area contributed by atoms with Crippen LogP contribution in [0, 0.1) is 0 Å². The monoisotopic (exact) mass is 325 g/mol. The van der Waals surface area contributed by atoms with Crippen LogP contribution in [0.25, 0.3) is 0 Å². The maximum atomic E-state index is 12.2. The Morgan fingerprint density at radius 1 is 1.25 bits per heavy atom. The molecule has 0 aliphatic carbocycles. The van der Waals surface area contributed by atoms with Crippen LogP contribution in [-0.2, 0) is 11.2 Å². The van der Waals surface area contributed by atoms with E-state index in [0.717, 1.165) is 38.1 Å².